The Balaban J connectivity index is 2.19. The molecule has 0 amide bonds. The summed E-state index contributed by atoms with van der Waals surface area (Å²) in [6.07, 6.45) is 6.08. The largest absolute Gasteiger partial charge is 0.348 e. The van der Waals surface area contributed by atoms with Crippen LogP contribution in [0.15, 0.2) is 35.2 Å². The Kier molecular flexibility index (Phi) is 2.40. The number of halogens is 1. The number of imidazole rings is 1. The van der Waals surface area contributed by atoms with E-state index in [1.165, 1.54) is 0 Å². The van der Waals surface area contributed by atoms with E-state index in [-0.39, 0.29) is 0 Å². The van der Waals surface area contributed by atoms with Gasteiger partial charge in [-0.2, -0.15) is 0 Å². The number of nitrogens with zero attached hydrogens (tertiary/aromatic N) is 2. The minimum Gasteiger partial charge on any atom is -0.348 e. The molecule has 4 heteroatoms. The second-order valence-corrected chi connectivity index (χ2v) is 3.59. The van der Waals surface area contributed by atoms with E-state index in [0.717, 1.165) is 22.4 Å². The van der Waals surface area contributed by atoms with Gasteiger partial charge in [0.2, 0.25) is 0 Å². The van der Waals surface area contributed by atoms with Crippen LogP contribution < -0.4 is 0 Å². The van der Waals surface area contributed by atoms with Crippen LogP contribution in [0.2, 0.25) is 0 Å². The summed E-state index contributed by atoms with van der Waals surface area (Å²) in [5, 5.41) is 0. The summed E-state index contributed by atoms with van der Waals surface area (Å²) < 4.78 is 1.05. The van der Waals surface area contributed by atoms with Gasteiger partial charge in [0.15, 0.2) is 0 Å². The molecule has 0 fully saturated rings. The first-order valence-electron chi connectivity index (χ1n) is 3.93. The van der Waals surface area contributed by atoms with Gasteiger partial charge < -0.3 is 4.98 Å². The minimum atomic E-state index is 0.742. The standard InChI is InChI=1S/C9H8BrN3/c10-7-1-2-11-8(5-7)6-9-12-3-4-13-9/h1-5H,6H2,(H,12,13). The maximum absolute atomic E-state index is 4.22. The number of nitrogens with one attached hydrogen (secondary N) is 1. The number of aromatic amines is 1. The number of hydrogen-bond acceptors (Lipinski definition) is 2. The van der Waals surface area contributed by atoms with Crippen molar-refractivity contribution in [2.24, 2.45) is 0 Å². The van der Waals surface area contributed by atoms with E-state index in [1.54, 1.807) is 12.4 Å². The molecule has 0 aliphatic heterocycles. The molecule has 0 atom stereocenters. The van der Waals surface area contributed by atoms with Crippen molar-refractivity contribution in [3.63, 3.8) is 0 Å². The third-order valence-corrected chi connectivity index (χ3v) is 2.18. The summed E-state index contributed by atoms with van der Waals surface area (Å²) in [4.78, 5) is 11.4. The lowest BCUT2D eigenvalue weighted by molar-refractivity contribution is 0.974. The molecule has 1 N–H and O–H groups in total. The van der Waals surface area contributed by atoms with Gasteiger partial charge in [0, 0.05) is 35.2 Å². The third-order valence-electron chi connectivity index (χ3n) is 1.68. The van der Waals surface area contributed by atoms with Gasteiger partial charge >= 0.3 is 0 Å². The van der Waals surface area contributed by atoms with E-state index in [0.29, 0.717) is 0 Å². The molecule has 0 saturated carbocycles. The smallest absolute Gasteiger partial charge is 0.112 e. The molecule has 13 heavy (non-hydrogen) atoms. The normalized spacial score (nSPS) is 10.2. The molecule has 0 bridgehead atoms. The Morgan fingerprint density at radius 2 is 2.23 bits per heavy atom. The average Bonchev–Trinajstić information content (AvgIpc) is 2.57. The number of pyridine rings is 1. The molecule has 0 aliphatic carbocycles. The lowest BCUT2D eigenvalue weighted by Gasteiger charge is -1.97. The van der Waals surface area contributed by atoms with Gasteiger partial charge in [-0.05, 0) is 12.1 Å². The van der Waals surface area contributed by atoms with Crippen LogP contribution in [0.4, 0.5) is 0 Å². The van der Waals surface area contributed by atoms with Crippen LogP contribution in [0.5, 0.6) is 0 Å². The van der Waals surface area contributed by atoms with Crippen molar-refractivity contribution in [3.8, 4) is 0 Å². The van der Waals surface area contributed by atoms with Crippen LogP contribution in [0, 0.1) is 0 Å². The van der Waals surface area contributed by atoms with E-state index in [9.17, 15) is 0 Å². The quantitative estimate of drug-likeness (QED) is 0.870. The second-order valence-electron chi connectivity index (χ2n) is 2.68. The molecule has 2 aromatic heterocycles. The predicted octanol–water partition coefficient (Wildman–Crippen LogP) is 2.16. The SMILES string of the molecule is Brc1ccnc(Cc2ncc[nH]2)c1. The summed E-state index contributed by atoms with van der Waals surface area (Å²) >= 11 is 3.40. The van der Waals surface area contributed by atoms with Crippen LogP contribution >= 0.6 is 15.9 Å². The summed E-state index contributed by atoms with van der Waals surface area (Å²) in [5.74, 6) is 0.936. The Labute approximate surface area is 84.4 Å². The molecule has 2 aromatic rings. The zero-order chi connectivity index (χ0) is 9.10. The fourth-order valence-corrected chi connectivity index (χ4v) is 1.49. The van der Waals surface area contributed by atoms with Crippen molar-refractivity contribution < 1.29 is 0 Å². The van der Waals surface area contributed by atoms with Crippen molar-refractivity contribution in [3.05, 3.63) is 46.7 Å². The van der Waals surface area contributed by atoms with Gasteiger partial charge in [-0.15, -0.1) is 0 Å². The predicted molar refractivity (Wildman–Crippen MR) is 53.3 cm³/mol. The van der Waals surface area contributed by atoms with E-state index < -0.39 is 0 Å². The highest BCUT2D eigenvalue weighted by molar-refractivity contribution is 9.10. The summed E-state index contributed by atoms with van der Waals surface area (Å²) in [7, 11) is 0. The number of H-pyrrole nitrogens is 1. The molecular formula is C9H8BrN3. The zero-order valence-electron chi connectivity index (χ0n) is 6.87. The Hall–Kier alpha value is -1.16. The van der Waals surface area contributed by atoms with E-state index in [2.05, 4.69) is 30.9 Å². The molecule has 0 unspecified atom stereocenters. The van der Waals surface area contributed by atoms with Gasteiger partial charge in [0.1, 0.15) is 5.82 Å². The minimum absolute atomic E-state index is 0.742. The third kappa shape index (κ3) is 2.15. The molecule has 2 heterocycles. The number of aromatic nitrogens is 3. The van der Waals surface area contributed by atoms with Crippen LogP contribution in [-0.4, -0.2) is 15.0 Å². The van der Waals surface area contributed by atoms with Crippen molar-refractivity contribution in [1.82, 2.24) is 15.0 Å². The Bertz CT molecular complexity index is 384. The molecule has 3 nitrogen and oxygen atoms in total. The van der Waals surface area contributed by atoms with E-state index in [1.807, 2.05) is 18.3 Å². The first kappa shape index (κ1) is 8.44. The highest BCUT2D eigenvalue weighted by Gasteiger charge is 1.99. The van der Waals surface area contributed by atoms with Gasteiger partial charge in [-0.25, -0.2) is 4.98 Å². The zero-order valence-corrected chi connectivity index (χ0v) is 8.45. The summed E-state index contributed by atoms with van der Waals surface area (Å²) in [5.41, 5.74) is 1.00. The van der Waals surface area contributed by atoms with Crippen LogP contribution in [0.3, 0.4) is 0 Å². The number of rotatable bonds is 2. The second kappa shape index (κ2) is 3.70. The van der Waals surface area contributed by atoms with Crippen molar-refractivity contribution in [1.29, 1.82) is 0 Å². The molecule has 2 rings (SSSR count). The molecule has 0 aliphatic rings. The molecule has 0 spiro atoms. The first-order chi connectivity index (χ1) is 6.34. The lowest BCUT2D eigenvalue weighted by Crippen LogP contribution is -1.93. The van der Waals surface area contributed by atoms with Gasteiger partial charge in [-0.3, -0.25) is 4.98 Å². The molecule has 66 valence electrons. The van der Waals surface area contributed by atoms with Gasteiger partial charge in [-0.1, -0.05) is 15.9 Å². The number of hydrogen-bond donors (Lipinski definition) is 1. The Morgan fingerprint density at radius 1 is 1.31 bits per heavy atom. The summed E-state index contributed by atoms with van der Waals surface area (Å²) in [6.45, 7) is 0. The fraction of sp³-hybridized carbons (Fsp3) is 0.111. The Morgan fingerprint density at radius 3 is 2.92 bits per heavy atom. The van der Waals surface area contributed by atoms with Crippen molar-refractivity contribution in [2.45, 2.75) is 6.42 Å². The van der Waals surface area contributed by atoms with Gasteiger partial charge in [0.25, 0.3) is 0 Å². The molecule has 0 saturated heterocycles. The molecular weight excluding hydrogens is 230 g/mol. The van der Waals surface area contributed by atoms with E-state index >= 15 is 0 Å². The van der Waals surface area contributed by atoms with Gasteiger partial charge in [0.05, 0.1) is 0 Å². The molecule has 0 aromatic carbocycles. The topological polar surface area (TPSA) is 41.6 Å². The maximum atomic E-state index is 4.22. The lowest BCUT2D eigenvalue weighted by atomic mass is 10.3. The van der Waals surface area contributed by atoms with Crippen LogP contribution in [0.25, 0.3) is 0 Å². The van der Waals surface area contributed by atoms with Crippen LogP contribution in [-0.2, 0) is 6.42 Å². The summed E-state index contributed by atoms with van der Waals surface area (Å²) in [6, 6.07) is 3.90. The van der Waals surface area contributed by atoms with Crippen molar-refractivity contribution in [2.75, 3.05) is 0 Å². The molecule has 0 radical (unpaired) electrons. The van der Waals surface area contributed by atoms with Crippen LogP contribution in [0.1, 0.15) is 11.5 Å². The fourth-order valence-electron chi connectivity index (χ4n) is 1.11. The first-order valence-corrected chi connectivity index (χ1v) is 4.72. The average molecular weight is 238 g/mol. The highest BCUT2D eigenvalue weighted by atomic mass is 79.9. The van der Waals surface area contributed by atoms with Crippen molar-refractivity contribution >= 4 is 15.9 Å². The van der Waals surface area contributed by atoms with E-state index in [4.69, 9.17) is 0 Å². The monoisotopic (exact) mass is 237 g/mol. The maximum Gasteiger partial charge on any atom is 0.112 e. The highest BCUT2D eigenvalue weighted by Crippen LogP contribution is 2.10.